The number of nitrogens with two attached hydrogens (primary N) is 1. The van der Waals surface area contributed by atoms with Crippen molar-refractivity contribution in [3.05, 3.63) is 29.6 Å². The molecule has 0 saturated heterocycles. The van der Waals surface area contributed by atoms with Crippen LogP contribution in [0.1, 0.15) is 5.56 Å². The minimum atomic E-state index is -0.281. The maximum absolute atomic E-state index is 13.0. The van der Waals surface area contributed by atoms with Crippen molar-refractivity contribution >= 4 is 5.69 Å². The van der Waals surface area contributed by atoms with Crippen LogP contribution in [0.2, 0.25) is 0 Å². The molecule has 0 aliphatic heterocycles. The van der Waals surface area contributed by atoms with Gasteiger partial charge in [0.05, 0.1) is 12.7 Å². The van der Waals surface area contributed by atoms with Gasteiger partial charge in [0.15, 0.2) is 0 Å². The van der Waals surface area contributed by atoms with Crippen LogP contribution in [0.4, 0.5) is 10.1 Å². The molecule has 0 radical (unpaired) electrons. The largest absolute Gasteiger partial charge is 0.382 e. The minimum absolute atomic E-state index is 0.0457. The van der Waals surface area contributed by atoms with E-state index in [0.717, 1.165) is 11.3 Å². The molecule has 1 unspecified atom stereocenters. The monoisotopic (exact) mass is 242 g/mol. The SMILES string of the molecule is COCC(CNc1ccc(F)cc1CN)OC. The third-order valence-corrected chi connectivity index (χ3v) is 2.49. The normalized spacial score (nSPS) is 12.5. The predicted molar refractivity (Wildman–Crippen MR) is 65.5 cm³/mol. The Morgan fingerprint density at radius 2 is 2.18 bits per heavy atom. The van der Waals surface area contributed by atoms with Crippen LogP contribution in [0.3, 0.4) is 0 Å². The van der Waals surface area contributed by atoms with Crippen LogP contribution in [0.15, 0.2) is 18.2 Å². The molecule has 0 saturated carbocycles. The molecule has 0 fully saturated rings. The van der Waals surface area contributed by atoms with Gasteiger partial charge in [0.25, 0.3) is 0 Å². The zero-order chi connectivity index (χ0) is 12.7. The summed E-state index contributed by atoms with van der Waals surface area (Å²) in [6.07, 6.45) is -0.0457. The molecule has 5 heteroatoms. The molecule has 3 N–H and O–H groups in total. The van der Waals surface area contributed by atoms with Crippen molar-refractivity contribution in [3.63, 3.8) is 0 Å². The lowest BCUT2D eigenvalue weighted by atomic mass is 10.1. The molecule has 0 aliphatic carbocycles. The molecule has 0 spiro atoms. The highest BCUT2D eigenvalue weighted by Crippen LogP contribution is 2.16. The summed E-state index contributed by atoms with van der Waals surface area (Å²) in [4.78, 5) is 0. The summed E-state index contributed by atoms with van der Waals surface area (Å²) in [5.74, 6) is -0.281. The molecule has 0 bridgehead atoms. The number of methoxy groups -OCH3 is 2. The van der Waals surface area contributed by atoms with Crippen molar-refractivity contribution < 1.29 is 13.9 Å². The molecule has 4 nitrogen and oxygen atoms in total. The molecule has 1 aromatic rings. The number of anilines is 1. The molecule has 1 rings (SSSR count). The summed E-state index contributed by atoms with van der Waals surface area (Å²) in [6.45, 7) is 1.38. The van der Waals surface area contributed by atoms with Gasteiger partial charge in [-0.2, -0.15) is 0 Å². The van der Waals surface area contributed by atoms with Crippen LogP contribution < -0.4 is 11.1 Å². The standard InChI is InChI=1S/C12H19FN2O2/c1-16-8-11(17-2)7-15-12-4-3-10(13)5-9(12)6-14/h3-5,11,15H,6-8,14H2,1-2H3. The van der Waals surface area contributed by atoms with Crippen molar-refractivity contribution in [1.29, 1.82) is 0 Å². The van der Waals surface area contributed by atoms with Crippen LogP contribution in [-0.2, 0) is 16.0 Å². The number of ether oxygens (including phenoxy) is 2. The van der Waals surface area contributed by atoms with E-state index in [-0.39, 0.29) is 11.9 Å². The maximum Gasteiger partial charge on any atom is 0.123 e. The van der Waals surface area contributed by atoms with Gasteiger partial charge >= 0.3 is 0 Å². The highest BCUT2D eigenvalue weighted by molar-refractivity contribution is 5.51. The fraction of sp³-hybridized carbons (Fsp3) is 0.500. The molecular weight excluding hydrogens is 223 g/mol. The van der Waals surface area contributed by atoms with Gasteiger partial charge in [0.1, 0.15) is 5.82 Å². The van der Waals surface area contributed by atoms with Crippen molar-refractivity contribution in [2.75, 3.05) is 32.7 Å². The van der Waals surface area contributed by atoms with E-state index in [4.69, 9.17) is 15.2 Å². The Labute approximate surface area is 101 Å². The van der Waals surface area contributed by atoms with Crippen LogP contribution in [0.5, 0.6) is 0 Å². The second kappa shape index (κ2) is 7.21. The van der Waals surface area contributed by atoms with E-state index < -0.39 is 0 Å². The summed E-state index contributed by atoms with van der Waals surface area (Å²) in [5, 5.41) is 3.18. The van der Waals surface area contributed by atoms with Crippen LogP contribution in [0.25, 0.3) is 0 Å². The number of nitrogens with one attached hydrogen (secondary N) is 1. The number of halogens is 1. The van der Waals surface area contributed by atoms with E-state index in [9.17, 15) is 4.39 Å². The van der Waals surface area contributed by atoms with Gasteiger partial charge in [-0.1, -0.05) is 0 Å². The van der Waals surface area contributed by atoms with Crippen molar-refractivity contribution in [1.82, 2.24) is 0 Å². The third-order valence-electron chi connectivity index (χ3n) is 2.49. The van der Waals surface area contributed by atoms with E-state index >= 15 is 0 Å². The quantitative estimate of drug-likeness (QED) is 0.758. The van der Waals surface area contributed by atoms with E-state index in [1.54, 1.807) is 20.3 Å². The molecule has 0 heterocycles. The summed E-state index contributed by atoms with van der Waals surface area (Å²) in [7, 11) is 3.25. The van der Waals surface area contributed by atoms with Crippen LogP contribution >= 0.6 is 0 Å². The Balaban J connectivity index is 2.61. The second-order valence-corrected chi connectivity index (χ2v) is 3.70. The average Bonchev–Trinajstić information content (AvgIpc) is 2.35. The molecule has 1 atom stereocenters. The molecule has 17 heavy (non-hydrogen) atoms. The first-order chi connectivity index (χ1) is 8.21. The highest BCUT2D eigenvalue weighted by Gasteiger charge is 2.08. The molecule has 1 aromatic carbocycles. The Bertz CT molecular complexity index is 347. The number of hydrogen-bond acceptors (Lipinski definition) is 4. The predicted octanol–water partition coefficient (Wildman–Crippen LogP) is 1.36. The van der Waals surface area contributed by atoms with Crippen LogP contribution in [-0.4, -0.2) is 33.5 Å². The number of hydrogen-bond donors (Lipinski definition) is 2. The lowest BCUT2D eigenvalue weighted by Gasteiger charge is -2.17. The Morgan fingerprint density at radius 3 is 2.76 bits per heavy atom. The minimum Gasteiger partial charge on any atom is -0.382 e. The fourth-order valence-electron chi connectivity index (χ4n) is 1.52. The van der Waals surface area contributed by atoms with E-state index in [1.807, 2.05) is 0 Å². The number of rotatable bonds is 7. The second-order valence-electron chi connectivity index (χ2n) is 3.70. The smallest absolute Gasteiger partial charge is 0.123 e. The zero-order valence-corrected chi connectivity index (χ0v) is 10.2. The van der Waals surface area contributed by atoms with Crippen molar-refractivity contribution in [2.24, 2.45) is 5.73 Å². The first-order valence-electron chi connectivity index (χ1n) is 5.45. The highest BCUT2D eigenvalue weighted by atomic mass is 19.1. The topological polar surface area (TPSA) is 56.5 Å². The van der Waals surface area contributed by atoms with Gasteiger partial charge < -0.3 is 20.5 Å². The summed E-state index contributed by atoms with van der Waals surface area (Å²) in [6, 6.07) is 4.51. The van der Waals surface area contributed by atoms with Gasteiger partial charge in [-0.25, -0.2) is 4.39 Å². The number of benzene rings is 1. The zero-order valence-electron chi connectivity index (χ0n) is 10.2. The molecule has 96 valence electrons. The van der Waals surface area contributed by atoms with Gasteiger partial charge in [0.2, 0.25) is 0 Å². The van der Waals surface area contributed by atoms with E-state index in [2.05, 4.69) is 5.32 Å². The van der Waals surface area contributed by atoms with Crippen molar-refractivity contribution in [2.45, 2.75) is 12.6 Å². The fourth-order valence-corrected chi connectivity index (χ4v) is 1.52. The average molecular weight is 242 g/mol. The summed E-state index contributed by atoms with van der Waals surface area (Å²) < 4.78 is 23.2. The molecule has 0 amide bonds. The third kappa shape index (κ3) is 4.30. The summed E-state index contributed by atoms with van der Waals surface area (Å²) >= 11 is 0. The van der Waals surface area contributed by atoms with E-state index in [1.165, 1.54) is 12.1 Å². The Morgan fingerprint density at radius 1 is 1.41 bits per heavy atom. The van der Waals surface area contributed by atoms with E-state index in [0.29, 0.717) is 19.7 Å². The maximum atomic E-state index is 13.0. The van der Waals surface area contributed by atoms with Gasteiger partial charge in [-0.15, -0.1) is 0 Å². The first kappa shape index (κ1) is 13.9. The Kier molecular flexibility index (Phi) is 5.90. The van der Waals surface area contributed by atoms with Crippen LogP contribution in [0, 0.1) is 5.82 Å². The first-order valence-corrected chi connectivity index (χ1v) is 5.45. The Hall–Kier alpha value is -1.17. The van der Waals surface area contributed by atoms with Gasteiger partial charge in [-0.3, -0.25) is 0 Å². The molecule has 0 aliphatic rings. The lowest BCUT2D eigenvalue weighted by molar-refractivity contribution is 0.0365. The van der Waals surface area contributed by atoms with Gasteiger partial charge in [-0.05, 0) is 23.8 Å². The van der Waals surface area contributed by atoms with Crippen molar-refractivity contribution in [3.8, 4) is 0 Å². The molecule has 0 aromatic heterocycles. The lowest BCUT2D eigenvalue weighted by Crippen LogP contribution is -2.27. The molecular formula is C12H19FN2O2. The van der Waals surface area contributed by atoms with Gasteiger partial charge in [0, 0.05) is 33.0 Å². The summed E-state index contributed by atoms with van der Waals surface area (Å²) in [5.41, 5.74) is 7.13.